The summed E-state index contributed by atoms with van der Waals surface area (Å²) in [6, 6.07) is 19.1. The van der Waals surface area contributed by atoms with E-state index < -0.39 is 0 Å². The van der Waals surface area contributed by atoms with Crippen molar-refractivity contribution in [3.05, 3.63) is 65.7 Å². The van der Waals surface area contributed by atoms with Crippen LogP contribution in [0.2, 0.25) is 0 Å². The van der Waals surface area contributed by atoms with Gasteiger partial charge in [0.25, 0.3) is 0 Å². The van der Waals surface area contributed by atoms with E-state index in [2.05, 4.69) is 73.2 Å². The molecule has 0 radical (unpaired) electrons. The van der Waals surface area contributed by atoms with E-state index in [-0.39, 0.29) is 5.60 Å². The molecule has 122 valence electrons. The molecule has 1 fully saturated rings. The minimum atomic E-state index is -0.00290. The largest absolute Gasteiger partial charge is 0.376 e. The van der Waals surface area contributed by atoms with E-state index in [0.29, 0.717) is 5.92 Å². The lowest BCUT2D eigenvalue weighted by atomic mass is 9.83. The van der Waals surface area contributed by atoms with Crippen LogP contribution in [0.1, 0.15) is 43.7 Å². The van der Waals surface area contributed by atoms with Crippen molar-refractivity contribution in [1.29, 1.82) is 0 Å². The van der Waals surface area contributed by atoms with Gasteiger partial charge in [0.1, 0.15) is 0 Å². The number of ether oxygens (including phenoxy) is 1. The molecule has 1 aliphatic heterocycles. The Kier molecular flexibility index (Phi) is 4.99. The van der Waals surface area contributed by atoms with Gasteiger partial charge in [0.15, 0.2) is 0 Å². The standard InChI is InChI=1S/C20H26N2O/c1-20(2)14-18(12-13-23-20)17-8-10-19(11-9-17)22-21-15-16-6-4-3-5-7-16/h3-11,18,21-22H,12-15H2,1-2H3/t18-/m0/s1. The van der Waals surface area contributed by atoms with Gasteiger partial charge in [-0.15, -0.1) is 0 Å². The third kappa shape index (κ3) is 4.57. The van der Waals surface area contributed by atoms with Crippen LogP contribution in [0.4, 0.5) is 5.69 Å². The number of rotatable bonds is 5. The highest BCUT2D eigenvalue weighted by Gasteiger charge is 2.29. The van der Waals surface area contributed by atoms with E-state index in [9.17, 15) is 0 Å². The maximum Gasteiger partial charge on any atom is 0.0632 e. The zero-order valence-electron chi connectivity index (χ0n) is 14.0. The molecule has 23 heavy (non-hydrogen) atoms. The van der Waals surface area contributed by atoms with E-state index >= 15 is 0 Å². The quantitative estimate of drug-likeness (QED) is 0.799. The summed E-state index contributed by atoms with van der Waals surface area (Å²) in [6.45, 7) is 6.03. The van der Waals surface area contributed by atoms with Crippen molar-refractivity contribution in [1.82, 2.24) is 5.43 Å². The van der Waals surface area contributed by atoms with Crippen molar-refractivity contribution in [2.75, 3.05) is 12.0 Å². The number of anilines is 1. The Bertz CT molecular complexity index is 607. The molecule has 0 aliphatic carbocycles. The Morgan fingerprint density at radius 1 is 1.04 bits per heavy atom. The van der Waals surface area contributed by atoms with E-state index in [1.807, 2.05) is 6.07 Å². The lowest BCUT2D eigenvalue weighted by molar-refractivity contribution is -0.0592. The predicted molar refractivity (Wildman–Crippen MR) is 95.4 cm³/mol. The van der Waals surface area contributed by atoms with Gasteiger partial charge in [0.05, 0.1) is 5.60 Å². The molecule has 0 amide bonds. The van der Waals surface area contributed by atoms with Gasteiger partial charge in [0.2, 0.25) is 0 Å². The van der Waals surface area contributed by atoms with Crippen LogP contribution in [0.25, 0.3) is 0 Å². The molecule has 2 aromatic rings. The van der Waals surface area contributed by atoms with Crippen LogP contribution in [-0.2, 0) is 11.3 Å². The van der Waals surface area contributed by atoms with Crippen molar-refractivity contribution in [3.63, 3.8) is 0 Å². The predicted octanol–water partition coefficient (Wildman–Crippen LogP) is 4.48. The molecule has 3 rings (SSSR count). The molecular formula is C20H26N2O. The molecule has 2 aromatic carbocycles. The Labute approximate surface area is 139 Å². The lowest BCUT2D eigenvalue weighted by Gasteiger charge is -2.35. The smallest absolute Gasteiger partial charge is 0.0632 e. The molecule has 1 atom stereocenters. The maximum atomic E-state index is 5.81. The van der Waals surface area contributed by atoms with Gasteiger partial charge in [-0.05, 0) is 55.9 Å². The molecule has 0 unspecified atom stereocenters. The SMILES string of the molecule is CC1(C)C[C@@H](c2ccc(NNCc3ccccc3)cc2)CCO1. The topological polar surface area (TPSA) is 33.3 Å². The van der Waals surface area contributed by atoms with Crippen molar-refractivity contribution in [3.8, 4) is 0 Å². The van der Waals surface area contributed by atoms with Gasteiger partial charge in [-0.1, -0.05) is 42.5 Å². The van der Waals surface area contributed by atoms with Crippen LogP contribution in [0.15, 0.2) is 54.6 Å². The molecule has 0 spiro atoms. The summed E-state index contributed by atoms with van der Waals surface area (Å²) in [6.07, 6.45) is 2.20. The molecule has 1 saturated heterocycles. The average Bonchev–Trinajstić information content (AvgIpc) is 2.56. The second kappa shape index (κ2) is 7.16. The van der Waals surface area contributed by atoms with Crippen molar-refractivity contribution < 1.29 is 4.74 Å². The molecule has 2 N–H and O–H groups in total. The van der Waals surface area contributed by atoms with Crippen molar-refractivity contribution in [2.24, 2.45) is 0 Å². The van der Waals surface area contributed by atoms with Gasteiger partial charge in [0, 0.05) is 18.8 Å². The zero-order chi connectivity index (χ0) is 16.1. The van der Waals surface area contributed by atoms with Gasteiger partial charge in [-0.25, -0.2) is 5.43 Å². The van der Waals surface area contributed by atoms with Gasteiger partial charge in [-0.3, -0.25) is 0 Å². The highest BCUT2D eigenvalue weighted by atomic mass is 16.5. The monoisotopic (exact) mass is 310 g/mol. The molecule has 0 aromatic heterocycles. The number of hydrazine groups is 1. The molecular weight excluding hydrogens is 284 g/mol. The number of benzene rings is 2. The molecule has 1 heterocycles. The molecule has 0 bridgehead atoms. The molecule has 0 saturated carbocycles. The summed E-state index contributed by atoms with van der Waals surface area (Å²) in [5.74, 6) is 0.602. The lowest BCUT2D eigenvalue weighted by Crippen LogP contribution is -2.32. The van der Waals surface area contributed by atoms with E-state index in [1.54, 1.807) is 0 Å². The van der Waals surface area contributed by atoms with E-state index in [4.69, 9.17) is 4.74 Å². The summed E-state index contributed by atoms with van der Waals surface area (Å²) in [5, 5.41) is 0. The van der Waals surface area contributed by atoms with Crippen molar-refractivity contribution >= 4 is 5.69 Å². The molecule has 3 heteroatoms. The minimum Gasteiger partial charge on any atom is -0.376 e. The second-order valence-corrected chi connectivity index (χ2v) is 6.88. The van der Waals surface area contributed by atoms with Gasteiger partial charge >= 0.3 is 0 Å². The Balaban J connectivity index is 1.53. The van der Waals surface area contributed by atoms with E-state index in [1.165, 1.54) is 11.1 Å². The van der Waals surface area contributed by atoms with Gasteiger partial charge < -0.3 is 10.2 Å². The van der Waals surface area contributed by atoms with Crippen LogP contribution in [0, 0.1) is 0 Å². The fourth-order valence-corrected chi connectivity index (χ4v) is 3.20. The van der Waals surface area contributed by atoms with Crippen LogP contribution in [-0.4, -0.2) is 12.2 Å². The fraction of sp³-hybridized carbons (Fsp3) is 0.400. The Hall–Kier alpha value is -1.84. The third-order valence-corrected chi connectivity index (χ3v) is 4.45. The van der Waals surface area contributed by atoms with E-state index in [0.717, 1.165) is 31.7 Å². The summed E-state index contributed by atoms with van der Waals surface area (Å²) < 4.78 is 5.81. The Morgan fingerprint density at radius 2 is 1.78 bits per heavy atom. The first kappa shape index (κ1) is 16.0. The highest BCUT2D eigenvalue weighted by Crippen LogP contribution is 2.35. The third-order valence-electron chi connectivity index (χ3n) is 4.45. The molecule has 1 aliphatic rings. The van der Waals surface area contributed by atoms with Gasteiger partial charge in [-0.2, -0.15) is 0 Å². The summed E-state index contributed by atoms with van der Waals surface area (Å²) in [4.78, 5) is 0. The van der Waals surface area contributed by atoms with Crippen LogP contribution in [0.5, 0.6) is 0 Å². The zero-order valence-corrected chi connectivity index (χ0v) is 14.0. The Morgan fingerprint density at radius 3 is 2.48 bits per heavy atom. The second-order valence-electron chi connectivity index (χ2n) is 6.88. The summed E-state index contributed by atoms with van der Waals surface area (Å²) >= 11 is 0. The number of hydrogen-bond acceptors (Lipinski definition) is 3. The van der Waals surface area contributed by atoms with Crippen molar-refractivity contribution in [2.45, 2.75) is 44.8 Å². The first-order valence-electron chi connectivity index (χ1n) is 8.39. The summed E-state index contributed by atoms with van der Waals surface area (Å²) in [7, 11) is 0. The number of nitrogens with one attached hydrogen (secondary N) is 2. The van der Waals surface area contributed by atoms with Crippen LogP contribution < -0.4 is 10.9 Å². The first-order valence-corrected chi connectivity index (χ1v) is 8.39. The molecule has 3 nitrogen and oxygen atoms in total. The maximum absolute atomic E-state index is 5.81. The summed E-state index contributed by atoms with van der Waals surface area (Å²) in [5.41, 5.74) is 10.3. The minimum absolute atomic E-state index is 0.00290. The number of hydrogen-bond donors (Lipinski definition) is 2. The van der Waals surface area contributed by atoms with Crippen LogP contribution >= 0.6 is 0 Å². The fourth-order valence-electron chi connectivity index (χ4n) is 3.20. The first-order chi connectivity index (χ1) is 11.1. The highest BCUT2D eigenvalue weighted by molar-refractivity contribution is 5.44. The average molecular weight is 310 g/mol. The van der Waals surface area contributed by atoms with Crippen LogP contribution in [0.3, 0.4) is 0 Å². The normalized spacial score (nSPS) is 20.2.